The third-order valence-corrected chi connectivity index (χ3v) is 6.24. The van der Waals surface area contributed by atoms with Crippen LogP contribution in [0.4, 0.5) is 4.39 Å². The number of hydrogen-bond donors (Lipinski definition) is 0. The number of aromatic nitrogens is 2. The maximum Gasteiger partial charge on any atom is 0.256 e. The van der Waals surface area contributed by atoms with Crippen molar-refractivity contribution in [3.8, 4) is 0 Å². The zero-order valence-corrected chi connectivity index (χ0v) is 17.1. The molecule has 3 aromatic rings. The van der Waals surface area contributed by atoms with Crippen molar-refractivity contribution in [1.82, 2.24) is 20.0 Å². The SMILES string of the molecule is CN(CC1CN(C(=O)c2cc(Cc3nncc4ccccc34)ccc2F)C1)C1CC1. The molecule has 2 heterocycles. The number of benzene rings is 2. The molecule has 0 radical (unpaired) electrons. The maximum absolute atomic E-state index is 14.5. The minimum Gasteiger partial charge on any atom is -0.338 e. The summed E-state index contributed by atoms with van der Waals surface area (Å²) in [5.41, 5.74) is 1.83. The van der Waals surface area contributed by atoms with Crippen molar-refractivity contribution >= 4 is 16.7 Å². The number of halogens is 1. The lowest BCUT2D eigenvalue weighted by atomic mass is 9.97. The highest BCUT2D eigenvalue weighted by Crippen LogP contribution is 2.29. The molecule has 2 fully saturated rings. The fourth-order valence-corrected chi connectivity index (χ4v) is 4.35. The Hall–Kier alpha value is -2.86. The number of nitrogens with zero attached hydrogens (tertiary/aromatic N) is 4. The molecule has 1 aromatic heterocycles. The third kappa shape index (κ3) is 3.79. The van der Waals surface area contributed by atoms with E-state index >= 15 is 0 Å². The molecule has 0 spiro atoms. The van der Waals surface area contributed by atoms with Crippen molar-refractivity contribution in [1.29, 1.82) is 0 Å². The molecule has 0 bridgehead atoms. The van der Waals surface area contributed by atoms with E-state index in [1.807, 2.05) is 24.3 Å². The van der Waals surface area contributed by atoms with Crippen molar-refractivity contribution in [2.45, 2.75) is 25.3 Å². The zero-order chi connectivity index (χ0) is 20.7. The van der Waals surface area contributed by atoms with Crippen molar-refractivity contribution in [3.63, 3.8) is 0 Å². The molecule has 5 rings (SSSR count). The van der Waals surface area contributed by atoms with Gasteiger partial charge in [0.15, 0.2) is 0 Å². The summed E-state index contributed by atoms with van der Waals surface area (Å²) in [6.07, 6.45) is 4.80. The summed E-state index contributed by atoms with van der Waals surface area (Å²) < 4.78 is 14.5. The van der Waals surface area contributed by atoms with Crippen LogP contribution in [-0.2, 0) is 6.42 Å². The number of rotatable bonds is 6. The van der Waals surface area contributed by atoms with E-state index in [0.717, 1.165) is 34.6 Å². The Labute approximate surface area is 175 Å². The quantitative estimate of drug-likeness (QED) is 0.631. The number of likely N-dealkylation sites (tertiary alicyclic amines) is 1. The maximum atomic E-state index is 14.5. The van der Waals surface area contributed by atoms with Crippen LogP contribution in [0.2, 0.25) is 0 Å². The minimum atomic E-state index is -0.466. The highest BCUT2D eigenvalue weighted by molar-refractivity contribution is 5.95. The summed E-state index contributed by atoms with van der Waals surface area (Å²) in [5.74, 6) is -0.202. The number of carbonyl (C=O) groups excluding carboxylic acids is 1. The molecule has 0 atom stereocenters. The van der Waals surface area contributed by atoms with Gasteiger partial charge < -0.3 is 9.80 Å². The van der Waals surface area contributed by atoms with E-state index < -0.39 is 5.82 Å². The predicted molar refractivity (Wildman–Crippen MR) is 114 cm³/mol. The lowest BCUT2D eigenvalue weighted by molar-refractivity contribution is 0.0424. The third-order valence-electron chi connectivity index (χ3n) is 6.24. The van der Waals surface area contributed by atoms with Crippen LogP contribution in [-0.4, -0.2) is 58.6 Å². The molecule has 6 heteroatoms. The second kappa shape index (κ2) is 7.76. The monoisotopic (exact) mass is 404 g/mol. The van der Waals surface area contributed by atoms with Crippen molar-refractivity contribution in [2.24, 2.45) is 5.92 Å². The van der Waals surface area contributed by atoms with Crippen LogP contribution < -0.4 is 0 Å². The topological polar surface area (TPSA) is 49.3 Å². The molecular formula is C24H25FN4O. The van der Waals surface area contributed by atoms with Gasteiger partial charge in [0.1, 0.15) is 5.82 Å². The molecule has 2 aromatic carbocycles. The lowest BCUT2D eigenvalue weighted by Crippen LogP contribution is -2.53. The highest BCUT2D eigenvalue weighted by Gasteiger charge is 2.35. The Kier molecular flexibility index (Phi) is 4.95. The Morgan fingerprint density at radius 2 is 2.00 bits per heavy atom. The zero-order valence-electron chi connectivity index (χ0n) is 17.1. The molecule has 0 N–H and O–H groups in total. The molecule has 1 amide bonds. The molecule has 2 aliphatic rings. The first kappa shape index (κ1) is 19.1. The minimum absolute atomic E-state index is 0.148. The van der Waals surface area contributed by atoms with E-state index in [9.17, 15) is 9.18 Å². The molecule has 1 saturated carbocycles. The first-order valence-electron chi connectivity index (χ1n) is 10.6. The van der Waals surface area contributed by atoms with Crippen molar-refractivity contribution < 1.29 is 9.18 Å². The average Bonchev–Trinajstić information content (AvgIpc) is 3.57. The van der Waals surface area contributed by atoms with Gasteiger partial charge in [0.05, 0.1) is 17.5 Å². The fraction of sp³-hybridized carbons (Fsp3) is 0.375. The molecule has 1 saturated heterocycles. The molecule has 1 aliphatic carbocycles. The molecule has 30 heavy (non-hydrogen) atoms. The number of fused-ring (bicyclic) bond motifs is 1. The van der Waals surface area contributed by atoms with Crippen LogP contribution in [0.3, 0.4) is 0 Å². The molecule has 0 unspecified atom stereocenters. The first-order chi connectivity index (χ1) is 14.6. The molecule has 1 aliphatic heterocycles. The molecule has 154 valence electrons. The number of hydrogen-bond acceptors (Lipinski definition) is 4. The van der Waals surface area contributed by atoms with E-state index in [2.05, 4.69) is 22.1 Å². The standard InChI is InChI=1S/C24H25FN4O/c1-28(19-7-8-19)13-17-14-29(15-17)24(30)21-10-16(6-9-22(21)25)11-23-20-5-3-2-4-18(20)12-26-27-23/h2-6,9-10,12,17,19H,7-8,11,13-15H2,1H3. The van der Waals surface area contributed by atoms with Crippen LogP contribution in [0.1, 0.15) is 34.5 Å². The predicted octanol–water partition coefficient (Wildman–Crippen LogP) is 3.53. The first-order valence-corrected chi connectivity index (χ1v) is 10.6. The number of amides is 1. The summed E-state index contributed by atoms with van der Waals surface area (Å²) in [6, 6.07) is 13.4. The van der Waals surface area contributed by atoms with E-state index in [1.165, 1.54) is 18.9 Å². The van der Waals surface area contributed by atoms with Gasteiger partial charge in [-0.15, -0.1) is 0 Å². The van der Waals surface area contributed by atoms with Crippen molar-refractivity contribution in [2.75, 3.05) is 26.7 Å². The summed E-state index contributed by atoms with van der Waals surface area (Å²) in [5, 5.41) is 10.4. The van der Waals surface area contributed by atoms with Crippen LogP contribution >= 0.6 is 0 Å². The summed E-state index contributed by atoms with van der Waals surface area (Å²) >= 11 is 0. The van der Waals surface area contributed by atoms with Gasteiger partial charge in [0.25, 0.3) is 5.91 Å². The fourth-order valence-electron chi connectivity index (χ4n) is 4.35. The van der Waals surface area contributed by atoms with Crippen LogP contribution in [0.25, 0.3) is 10.8 Å². The lowest BCUT2D eigenvalue weighted by Gasteiger charge is -2.41. The van der Waals surface area contributed by atoms with E-state index in [-0.39, 0.29) is 11.5 Å². The van der Waals surface area contributed by atoms with Gasteiger partial charge >= 0.3 is 0 Å². The van der Waals surface area contributed by atoms with Gasteiger partial charge in [-0.3, -0.25) is 4.79 Å². The summed E-state index contributed by atoms with van der Waals surface area (Å²) in [4.78, 5) is 17.0. The van der Waals surface area contributed by atoms with Gasteiger partial charge in [0, 0.05) is 48.8 Å². The molecular weight excluding hydrogens is 379 g/mol. The number of carbonyl (C=O) groups is 1. The van der Waals surface area contributed by atoms with E-state index in [1.54, 1.807) is 23.2 Å². The Morgan fingerprint density at radius 1 is 1.20 bits per heavy atom. The largest absolute Gasteiger partial charge is 0.338 e. The second-order valence-corrected chi connectivity index (χ2v) is 8.62. The summed E-state index contributed by atoms with van der Waals surface area (Å²) in [6.45, 7) is 2.42. The van der Waals surface area contributed by atoms with Crippen LogP contribution in [0.5, 0.6) is 0 Å². The van der Waals surface area contributed by atoms with Gasteiger partial charge in [-0.1, -0.05) is 30.3 Å². The van der Waals surface area contributed by atoms with Gasteiger partial charge in [0.2, 0.25) is 0 Å². The van der Waals surface area contributed by atoms with Gasteiger partial charge in [-0.05, 0) is 37.6 Å². The van der Waals surface area contributed by atoms with Crippen LogP contribution in [0, 0.1) is 11.7 Å². The average molecular weight is 404 g/mol. The highest BCUT2D eigenvalue weighted by atomic mass is 19.1. The Bertz CT molecular complexity index is 1090. The van der Waals surface area contributed by atoms with E-state index in [4.69, 9.17) is 0 Å². The molecule has 5 nitrogen and oxygen atoms in total. The van der Waals surface area contributed by atoms with E-state index in [0.29, 0.717) is 25.4 Å². The Morgan fingerprint density at radius 3 is 2.80 bits per heavy atom. The second-order valence-electron chi connectivity index (χ2n) is 8.62. The van der Waals surface area contributed by atoms with Gasteiger partial charge in [-0.2, -0.15) is 10.2 Å². The smallest absolute Gasteiger partial charge is 0.256 e. The Balaban J connectivity index is 1.29. The summed E-state index contributed by atoms with van der Waals surface area (Å²) in [7, 11) is 2.15. The van der Waals surface area contributed by atoms with Gasteiger partial charge in [-0.25, -0.2) is 4.39 Å². The van der Waals surface area contributed by atoms with Crippen molar-refractivity contribution in [3.05, 3.63) is 71.3 Å². The van der Waals surface area contributed by atoms with Crippen LogP contribution in [0.15, 0.2) is 48.7 Å². The normalized spacial score (nSPS) is 16.8.